The average Bonchev–Trinajstić information content (AvgIpc) is 2.89. The monoisotopic (exact) mass is 526 g/mol. The molecule has 0 N–H and O–H groups in total. The number of benzene rings is 4. The molecule has 0 amide bonds. The Morgan fingerprint density at radius 3 is 1.32 bits per heavy atom. The molecular weight excluding hydrogens is 492 g/mol. The second-order valence-corrected chi connectivity index (χ2v) is 9.71. The van der Waals surface area contributed by atoms with Crippen LogP contribution in [0.5, 0.6) is 11.5 Å². The van der Waals surface area contributed by atoms with Gasteiger partial charge in [-0.25, -0.2) is 0 Å². The molecule has 2 nitrogen and oxygen atoms in total. The predicted molar refractivity (Wildman–Crippen MR) is 146 cm³/mol. The minimum Gasteiger partial charge on any atom is -0.432 e. The summed E-state index contributed by atoms with van der Waals surface area (Å²) in [6, 6.07) is 21.0. The van der Waals surface area contributed by atoms with E-state index in [0.29, 0.717) is 47.6 Å². The first kappa shape index (κ1) is 27.7. The van der Waals surface area contributed by atoms with Crippen LogP contribution in [0, 0.1) is 0 Å². The van der Waals surface area contributed by atoms with E-state index >= 15 is 17.6 Å². The number of alkyl halides is 4. The van der Waals surface area contributed by atoms with Crippen molar-refractivity contribution in [3.05, 3.63) is 72.8 Å². The average molecular weight is 527 g/mol. The summed E-state index contributed by atoms with van der Waals surface area (Å²) in [4.78, 5) is 0. The van der Waals surface area contributed by atoms with Crippen molar-refractivity contribution in [2.75, 3.05) is 0 Å². The maximum Gasteiger partial charge on any atom is 0.397 e. The smallest absolute Gasteiger partial charge is 0.397 e. The van der Waals surface area contributed by atoms with Gasteiger partial charge in [-0.15, -0.1) is 0 Å². The van der Waals surface area contributed by atoms with Crippen molar-refractivity contribution in [1.29, 1.82) is 0 Å². The molecule has 202 valence electrons. The molecule has 0 aliphatic rings. The highest BCUT2D eigenvalue weighted by atomic mass is 19.3. The van der Waals surface area contributed by atoms with E-state index < -0.39 is 25.1 Å². The van der Waals surface area contributed by atoms with Crippen LogP contribution in [0.25, 0.3) is 32.7 Å². The number of hydrogen-bond acceptors (Lipinski definition) is 2. The molecule has 0 aliphatic carbocycles. The largest absolute Gasteiger partial charge is 0.432 e. The first-order chi connectivity index (χ1) is 18.2. The fraction of sp³-hybridized carbons (Fsp3) is 0.375. The Morgan fingerprint density at radius 2 is 0.921 bits per heavy atom. The van der Waals surface area contributed by atoms with Crippen LogP contribution in [0.15, 0.2) is 72.8 Å². The Bertz CT molecular complexity index is 1260. The lowest BCUT2D eigenvalue weighted by molar-refractivity contribution is -0.182. The van der Waals surface area contributed by atoms with Crippen molar-refractivity contribution >= 4 is 21.5 Å². The summed E-state index contributed by atoms with van der Waals surface area (Å²) in [5, 5.41) is 2.78. The quantitative estimate of drug-likeness (QED) is 0.127. The van der Waals surface area contributed by atoms with E-state index in [0.717, 1.165) is 23.6 Å². The van der Waals surface area contributed by atoms with Crippen LogP contribution in [0.1, 0.15) is 65.2 Å². The number of unbranched alkanes of at least 4 members (excludes halogenated alkanes) is 4. The fourth-order valence-corrected chi connectivity index (χ4v) is 4.77. The van der Waals surface area contributed by atoms with E-state index in [-0.39, 0.29) is 11.5 Å². The number of fused-ring (bicyclic) bond motifs is 2. The van der Waals surface area contributed by atoms with Gasteiger partial charge in [0.05, 0.1) is 12.8 Å². The van der Waals surface area contributed by atoms with Crippen molar-refractivity contribution in [2.45, 2.75) is 77.4 Å². The van der Waals surface area contributed by atoms with Gasteiger partial charge in [0, 0.05) is 11.1 Å². The molecule has 4 aromatic rings. The van der Waals surface area contributed by atoms with Crippen LogP contribution in [0.4, 0.5) is 17.6 Å². The molecule has 6 heteroatoms. The molecule has 0 bridgehead atoms. The molecule has 0 atom stereocenters. The summed E-state index contributed by atoms with van der Waals surface area (Å²) >= 11 is 0. The lowest BCUT2D eigenvalue weighted by Crippen LogP contribution is -2.25. The Labute approximate surface area is 221 Å². The van der Waals surface area contributed by atoms with E-state index in [2.05, 4.69) is 0 Å². The van der Waals surface area contributed by atoms with Crippen molar-refractivity contribution in [1.82, 2.24) is 0 Å². The van der Waals surface area contributed by atoms with Crippen molar-refractivity contribution < 1.29 is 27.0 Å². The summed E-state index contributed by atoms with van der Waals surface area (Å²) in [6.45, 7) is 3.89. The highest BCUT2D eigenvalue weighted by Crippen LogP contribution is 2.48. The van der Waals surface area contributed by atoms with Crippen molar-refractivity contribution in [3.63, 3.8) is 0 Å². The number of halogens is 4. The van der Waals surface area contributed by atoms with Crippen LogP contribution < -0.4 is 9.47 Å². The van der Waals surface area contributed by atoms with E-state index in [4.69, 9.17) is 9.47 Å². The fourth-order valence-electron chi connectivity index (χ4n) is 4.77. The first-order valence-electron chi connectivity index (χ1n) is 13.4. The molecule has 0 aliphatic heterocycles. The third-order valence-corrected chi connectivity index (χ3v) is 6.69. The third kappa shape index (κ3) is 6.58. The van der Waals surface area contributed by atoms with Gasteiger partial charge in [-0.05, 0) is 46.5 Å². The van der Waals surface area contributed by atoms with Crippen LogP contribution in [0.3, 0.4) is 0 Å². The van der Waals surface area contributed by atoms with Gasteiger partial charge in [0.25, 0.3) is 0 Å². The zero-order valence-electron chi connectivity index (χ0n) is 21.9. The van der Waals surface area contributed by atoms with Gasteiger partial charge in [0.2, 0.25) is 0 Å². The molecule has 0 fully saturated rings. The van der Waals surface area contributed by atoms with Gasteiger partial charge in [0.1, 0.15) is 11.5 Å². The summed E-state index contributed by atoms with van der Waals surface area (Å²) in [5.41, 5.74) is 0.629. The van der Waals surface area contributed by atoms with Crippen LogP contribution in [-0.2, 0) is 0 Å². The van der Waals surface area contributed by atoms with Gasteiger partial charge in [-0.3, -0.25) is 0 Å². The maximum absolute atomic E-state index is 15.0. The molecule has 4 rings (SSSR count). The van der Waals surface area contributed by atoms with Gasteiger partial charge in [-0.1, -0.05) is 100 Å². The first-order valence-corrected chi connectivity index (χ1v) is 13.4. The van der Waals surface area contributed by atoms with Gasteiger partial charge in [0.15, 0.2) is 0 Å². The van der Waals surface area contributed by atoms with E-state index in [1.54, 1.807) is 36.4 Å². The van der Waals surface area contributed by atoms with Gasteiger partial charge >= 0.3 is 12.2 Å². The Balaban J connectivity index is 1.91. The lowest BCUT2D eigenvalue weighted by Gasteiger charge is -2.25. The van der Waals surface area contributed by atoms with Crippen LogP contribution >= 0.6 is 0 Å². The molecule has 0 radical (unpaired) electrons. The number of rotatable bonds is 13. The molecule has 4 aromatic carbocycles. The molecule has 0 saturated carbocycles. The molecule has 0 spiro atoms. The number of hydrogen-bond donors (Lipinski definition) is 0. The predicted octanol–water partition coefficient (Wildman–Crippen LogP) is 10.8. The summed E-state index contributed by atoms with van der Waals surface area (Å²) in [5.74, 6) is -0.138. The second kappa shape index (κ2) is 12.1. The van der Waals surface area contributed by atoms with Crippen LogP contribution in [0.2, 0.25) is 0 Å². The highest BCUT2D eigenvalue weighted by molar-refractivity contribution is 6.09. The Morgan fingerprint density at radius 1 is 0.526 bits per heavy atom. The summed E-state index contributed by atoms with van der Waals surface area (Å²) < 4.78 is 70.8. The summed E-state index contributed by atoms with van der Waals surface area (Å²) in [6.07, 6.45) is -4.11. The standard InChI is InChI=1S/C32H34F4O2/c1-3-5-11-21-31(33,34)37-27-19-17-23-13-7-9-15-25(23)29(27)30-26-16-10-8-14-24(26)18-20-28(30)38-32(35,36)22-12-6-4-2/h7-10,13-20H,3-6,11-12,21-22H2,1-2H3. The number of ether oxygens (including phenoxy) is 2. The SMILES string of the molecule is CCCCCC(F)(F)Oc1ccc2ccccc2c1-c1c(OC(F)(F)CCCCC)ccc2ccccc12. The molecule has 38 heavy (non-hydrogen) atoms. The molecular formula is C32H34F4O2. The molecule has 0 saturated heterocycles. The van der Waals surface area contributed by atoms with Gasteiger partial charge < -0.3 is 9.47 Å². The normalized spacial score (nSPS) is 12.3. The third-order valence-electron chi connectivity index (χ3n) is 6.69. The molecule has 0 unspecified atom stereocenters. The minimum absolute atomic E-state index is 0.0688. The summed E-state index contributed by atoms with van der Waals surface area (Å²) in [7, 11) is 0. The minimum atomic E-state index is -3.41. The van der Waals surface area contributed by atoms with E-state index in [1.807, 2.05) is 38.1 Å². The Kier molecular flexibility index (Phi) is 8.80. The van der Waals surface area contributed by atoms with Crippen molar-refractivity contribution in [3.8, 4) is 22.6 Å². The topological polar surface area (TPSA) is 18.5 Å². The van der Waals surface area contributed by atoms with Crippen molar-refractivity contribution in [2.24, 2.45) is 0 Å². The van der Waals surface area contributed by atoms with Gasteiger partial charge in [-0.2, -0.15) is 17.6 Å². The lowest BCUT2D eigenvalue weighted by atomic mass is 9.92. The maximum atomic E-state index is 15.0. The second-order valence-electron chi connectivity index (χ2n) is 9.71. The van der Waals surface area contributed by atoms with Crippen LogP contribution in [-0.4, -0.2) is 12.2 Å². The molecule has 0 aromatic heterocycles. The Hall–Kier alpha value is -3.28. The van der Waals surface area contributed by atoms with E-state index in [1.165, 1.54) is 12.1 Å². The molecule has 0 heterocycles. The zero-order valence-corrected chi connectivity index (χ0v) is 21.9. The van der Waals surface area contributed by atoms with E-state index in [9.17, 15) is 0 Å². The zero-order chi connectivity index (χ0) is 27.2. The highest BCUT2D eigenvalue weighted by Gasteiger charge is 2.35.